The van der Waals surface area contributed by atoms with Crippen LogP contribution in [0.1, 0.15) is 13.8 Å². The van der Waals surface area contributed by atoms with Gasteiger partial charge in [0.15, 0.2) is 0 Å². The highest BCUT2D eigenvalue weighted by molar-refractivity contribution is 4.60. The predicted octanol–water partition coefficient (Wildman–Crippen LogP) is 1.09. The standard InChI is InChI=1S/C3H7NO.C2H6/c1-5-3-2-4;1-2/h2-3H,4H2,1H3;1-2H3/b3-2-;. The molecule has 0 fully saturated rings. The molecular weight excluding hydrogens is 90.1 g/mol. The predicted molar refractivity (Wildman–Crippen MR) is 31.7 cm³/mol. The molecule has 7 heavy (non-hydrogen) atoms. The van der Waals surface area contributed by atoms with Crippen LogP contribution in [0.25, 0.3) is 0 Å². The van der Waals surface area contributed by atoms with Gasteiger partial charge in [0.2, 0.25) is 0 Å². The quantitative estimate of drug-likeness (QED) is 0.504. The van der Waals surface area contributed by atoms with Crippen LogP contribution in [-0.4, -0.2) is 7.11 Å². The van der Waals surface area contributed by atoms with E-state index in [1.165, 1.54) is 12.5 Å². The van der Waals surface area contributed by atoms with Gasteiger partial charge in [-0.1, -0.05) is 13.8 Å². The first kappa shape index (κ1) is 9.60. The summed E-state index contributed by atoms with van der Waals surface area (Å²) in [5.41, 5.74) is 4.83. The van der Waals surface area contributed by atoms with Crippen molar-refractivity contribution < 1.29 is 4.74 Å². The maximum absolute atomic E-state index is 4.83. The molecule has 0 unspecified atom stereocenters. The minimum absolute atomic E-state index is 1.33. The second-order valence-electron chi connectivity index (χ2n) is 0.564. The Morgan fingerprint density at radius 2 is 1.86 bits per heavy atom. The first-order valence-electron chi connectivity index (χ1n) is 2.31. The van der Waals surface area contributed by atoms with Gasteiger partial charge in [-0.15, -0.1) is 0 Å². The minimum Gasteiger partial charge on any atom is -0.503 e. The Bertz CT molecular complexity index is 35.1. The SMILES string of the molecule is CC.CO/C=C\N. The van der Waals surface area contributed by atoms with Gasteiger partial charge in [0.1, 0.15) is 0 Å². The second kappa shape index (κ2) is 18.4. The van der Waals surface area contributed by atoms with Crippen LogP contribution in [0.2, 0.25) is 0 Å². The number of rotatable bonds is 1. The van der Waals surface area contributed by atoms with Crippen molar-refractivity contribution in [2.45, 2.75) is 13.8 Å². The number of ether oxygens (including phenoxy) is 1. The van der Waals surface area contributed by atoms with Crippen molar-refractivity contribution in [1.82, 2.24) is 0 Å². The number of hydrogen-bond donors (Lipinski definition) is 1. The molecule has 0 spiro atoms. The van der Waals surface area contributed by atoms with Crippen molar-refractivity contribution in [3.05, 3.63) is 12.5 Å². The third-order valence-corrected chi connectivity index (χ3v) is 0.215. The van der Waals surface area contributed by atoms with Crippen molar-refractivity contribution >= 4 is 0 Å². The van der Waals surface area contributed by atoms with Gasteiger partial charge >= 0.3 is 0 Å². The molecule has 0 aliphatic heterocycles. The monoisotopic (exact) mass is 103 g/mol. The first-order chi connectivity index (χ1) is 3.41. The second-order valence-corrected chi connectivity index (χ2v) is 0.564. The van der Waals surface area contributed by atoms with Crippen LogP contribution >= 0.6 is 0 Å². The summed E-state index contributed by atoms with van der Waals surface area (Å²) in [7, 11) is 1.54. The largest absolute Gasteiger partial charge is 0.503 e. The molecule has 2 nitrogen and oxygen atoms in total. The van der Waals surface area contributed by atoms with Crippen LogP contribution in [0.4, 0.5) is 0 Å². The molecule has 2 N–H and O–H groups in total. The smallest absolute Gasteiger partial charge is 0.0979 e. The van der Waals surface area contributed by atoms with Gasteiger partial charge in [-0.3, -0.25) is 0 Å². The first-order valence-corrected chi connectivity index (χ1v) is 2.31. The van der Waals surface area contributed by atoms with E-state index in [1.54, 1.807) is 7.11 Å². The van der Waals surface area contributed by atoms with Crippen molar-refractivity contribution in [3.63, 3.8) is 0 Å². The summed E-state index contributed by atoms with van der Waals surface area (Å²) >= 11 is 0. The Balaban J connectivity index is 0. The molecule has 0 saturated carbocycles. The van der Waals surface area contributed by atoms with Gasteiger partial charge in [0, 0.05) is 6.20 Å². The Labute approximate surface area is 45.0 Å². The van der Waals surface area contributed by atoms with Crippen LogP contribution in [0.5, 0.6) is 0 Å². The Kier molecular flexibility index (Phi) is 25.2. The van der Waals surface area contributed by atoms with Crippen LogP contribution in [0, 0.1) is 0 Å². The average Bonchev–Trinajstić information content (AvgIpc) is 1.75. The zero-order chi connectivity index (χ0) is 6.12. The molecule has 0 heterocycles. The fourth-order valence-corrected chi connectivity index (χ4v) is 0.0786. The molecular formula is C5H13NO. The molecule has 0 aliphatic carbocycles. The molecule has 0 amide bonds. The van der Waals surface area contributed by atoms with E-state index in [1.807, 2.05) is 13.8 Å². The van der Waals surface area contributed by atoms with Gasteiger partial charge in [-0.2, -0.15) is 0 Å². The maximum Gasteiger partial charge on any atom is 0.0979 e. The Morgan fingerprint density at radius 3 is 1.86 bits per heavy atom. The molecule has 0 aliphatic rings. The van der Waals surface area contributed by atoms with E-state index in [2.05, 4.69) is 4.74 Å². The molecule has 0 radical (unpaired) electrons. The molecule has 44 valence electrons. The van der Waals surface area contributed by atoms with Crippen molar-refractivity contribution in [2.75, 3.05) is 7.11 Å². The zero-order valence-electron chi connectivity index (χ0n) is 5.14. The molecule has 2 heteroatoms. The third-order valence-electron chi connectivity index (χ3n) is 0.215. The van der Waals surface area contributed by atoms with E-state index in [-0.39, 0.29) is 0 Å². The van der Waals surface area contributed by atoms with E-state index in [0.29, 0.717) is 0 Å². The van der Waals surface area contributed by atoms with Crippen LogP contribution in [0.3, 0.4) is 0 Å². The van der Waals surface area contributed by atoms with Crippen molar-refractivity contribution in [2.24, 2.45) is 5.73 Å². The molecule has 0 aromatic heterocycles. The number of hydrogen-bond acceptors (Lipinski definition) is 2. The number of methoxy groups -OCH3 is 1. The molecule has 0 aromatic rings. The fraction of sp³-hybridized carbons (Fsp3) is 0.600. The van der Waals surface area contributed by atoms with E-state index < -0.39 is 0 Å². The molecule has 0 atom stereocenters. The van der Waals surface area contributed by atoms with Gasteiger partial charge < -0.3 is 10.5 Å². The molecule has 0 saturated heterocycles. The van der Waals surface area contributed by atoms with Crippen LogP contribution in [0.15, 0.2) is 12.5 Å². The molecule has 0 bridgehead atoms. The topological polar surface area (TPSA) is 35.2 Å². The lowest BCUT2D eigenvalue weighted by molar-refractivity contribution is 0.337. The Hall–Kier alpha value is -0.660. The van der Waals surface area contributed by atoms with E-state index in [9.17, 15) is 0 Å². The van der Waals surface area contributed by atoms with E-state index in [0.717, 1.165) is 0 Å². The van der Waals surface area contributed by atoms with E-state index in [4.69, 9.17) is 5.73 Å². The van der Waals surface area contributed by atoms with Gasteiger partial charge in [-0.25, -0.2) is 0 Å². The summed E-state index contributed by atoms with van der Waals surface area (Å²) in [5, 5.41) is 0. The van der Waals surface area contributed by atoms with Gasteiger partial charge in [-0.05, 0) is 0 Å². The van der Waals surface area contributed by atoms with Crippen LogP contribution < -0.4 is 5.73 Å². The van der Waals surface area contributed by atoms with Crippen molar-refractivity contribution in [3.8, 4) is 0 Å². The fourth-order valence-electron chi connectivity index (χ4n) is 0.0786. The Morgan fingerprint density at radius 1 is 1.43 bits per heavy atom. The lowest BCUT2D eigenvalue weighted by Crippen LogP contribution is -1.75. The summed E-state index contributed by atoms with van der Waals surface area (Å²) in [4.78, 5) is 0. The van der Waals surface area contributed by atoms with Gasteiger partial charge in [0.25, 0.3) is 0 Å². The highest BCUT2D eigenvalue weighted by atomic mass is 16.5. The maximum atomic E-state index is 4.83. The summed E-state index contributed by atoms with van der Waals surface area (Å²) < 4.78 is 4.39. The van der Waals surface area contributed by atoms with Crippen molar-refractivity contribution in [1.29, 1.82) is 0 Å². The number of nitrogens with two attached hydrogens (primary N) is 1. The minimum atomic E-state index is 1.33. The average molecular weight is 103 g/mol. The third kappa shape index (κ3) is 33.2. The molecule has 0 rings (SSSR count). The lowest BCUT2D eigenvalue weighted by Gasteiger charge is -1.76. The summed E-state index contributed by atoms with van der Waals surface area (Å²) in [5.74, 6) is 0. The summed E-state index contributed by atoms with van der Waals surface area (Å²) in [6, 6.07) is 0. The molecule has 0 aromatic carbocycles. The highest BCUT2D eigenvalue weighted by Crippen LogP contribution is 1.57. The highest BCUT2D eigenvalue weighted by Gasteiger charge is 1.46. The summed E-state index contributed by atoms with van der Waals surface area (Å²) in [6.45, 7) is 4.00. The van der Waals surface area contributed by atoms with E-state index >= 15 is 0 Å². The van der Waals surface area contributed by atoms with Crippen LogP contribution in [-0.2, 0) is 4.74 Å². The summed E-state index contributed by atoms with van der Waals surface area (Å²) in [6.07, 6.45) is 2.74. The van der Waals surface area contributed by atoms with Gasteiger partial charge in [0.05, 0.1) is 13.4 Å². The zero-order valence-corrected chi connectivity index (χ0v) is 5.14. The normalized spacial score (nSPS) is 7.29. The lowest BCUT2D eigenvalue weighted by atomic mass is 11.0.